The maximum absolute atomic E-state index is 12.5. The highest BCUT2D eigenvalue weighted by Gasteiger charge is 2.25. The van der Waals surface area contributed by atoms with E-state index in [0.29, 0.717) is 18.1 Å². The molecule has 0 N–H and O–H groups in total. The standard InChI is InChI=1S/C22H28N2O4/c25-22(20-7-11-27-17-20)24-8-1-2-19(15-24)16-28-21-5-3-18(4-6-21)14-23-9-12-26-13-10-23/h3-7,11,17,19H,1-2,8-10,12-16H2/t19-/m1/s1. The Kier molecular flexibility index (Phi) is 6.29. The van der Waals surface area contributed by atoms with Gasteiger partial charge >= 0.3 is 0 Å². The SMILES string of the molecule is O=C(c1ccoc1)N1CCC[C@@H](COc2ccc(CN3CCOCC3)cc2)C1. The summed E-state index contributed by atoms with van der Waals surface area (Å²) in [4.78, 5) is 16.8. The topological polar surface area (TPSA) is 55.2 Å². The lowest BCUT2D eigenvalue weighted by Gasteiger charge is -2.32. The molecule has 0 aliphatic carbocycles. The fraction of sp³-hybridized carbons (Fsp3) is 0.500. The molecule has 28 heavy (non-hydrogen) atoms. The van der Waals surface area contributed by atoms with Crippen molar-refractivity contribution in [2.75, 3.05) is 46.0 Å². The molecule has 0 unspecified atom stereocenters. The second-order valence-electron chi connectivity index (χ2n) is 7.61. The first-order valence-electron chi connectivity index (χ1n) is 10.1. The largest absolute Gasteiger partial charge is 0.493 e. The van der Waals surface area contributed by atoms with Gasteiger partial charge in [0.25, 0.3) is 5.91 Å². The quantitative estimate of drug-likeness (QED) is 0.766. The molecule has 1 aromatic carbocycles. The second kappa shape index (κ2) is 9.26. The molecule has 2 aliphatic rings. The minimum Gasteiger partial charge on any atom is -0.493 e. The van der Waals surface area contributed by atoms with Crippen LogP contribution in [0.1, 0.15) is 28.8 Å². The number of ether oxygens (including phenoxy) is 2. The number of hydrogen-bond acceptors (Lipinski definition) is 5. The van der Waals surface area contributed by atoms with Crippen LogP contribution in [-0.4, -0.2) is 61.7 Å². The van der Waals surface area contributed by atoms with Gasteiger partial charge in [0, 0.05) is 38.6 Å². The zero-order valence-electron chi connectivity index (χ0n) is 16.2. The number of nitrogens with zero attached hydrogens (tertiary/aromatic N) is 2. The van der Waals surface area contributed by atoms with Gasteiger partial charge in [0.2, 0.25) is 0 Å². The normalized spacial score (nSPS) is 20.9. The minimum atomic E-state index is 0.0471. The van der Waals surface area contributed by atoms with Gasteiger partial charge in [-0.1, -0.05) is 12.1 Å². The summed E-state index contributed by atoms with van der Waals surface area (Å²) in [5.74, 6) is 1.30. The Balaban J connectivity index is 1.25. The molecule has 1 aromatic heterocycles. The first kappa shape index (κ1) is 19.0. The summed E-state index contributed by atoms with van der Waals surface area (Å²) < 4.78 is 16.5. The molecule has 0 bridgehead atoms. The number of piperidine rings is 1. The van der Waals surface area contributed by atoms with Crippen LogP contribution in [0, 0.1) is 5.92 Å². The predicted octanol–water partition coefficient (Wildman–Crippen LogP) is 3.04. The van der Waals surface area contributed by atoms with Gasteiger partial charge in [-0.2, -0.15) is 0 Å². The van der Waals surface area contributed by atoms with Crippen LogP contribution < -0.4 is 4.74 Å². The van der Waals surface area contributed by atoms with E-state index in [1.807, 2.05) is 17.0 Å². The first-order chi connectivity index (χ1) is 13.8. The van der Waals surface area contributed by atoms with Gasteiger partial charge in [0.05, 0.1) is 31.6 Å². The number of benzene rings is 1. The second-order valence-corrected chi connectivity index (χ2v) is 7.61. The van der Waals surface area contributed by atoms with Crippen molar-refractivity contribution < 1.29 is 18.7 Å². The van der Waals surface area contributed by atoms with Gasteiger partial charge in [-0.05, 0) is 36.6 Å². The van der Waals surface area contributed by atoms with Crippen LogP contribution in [0.25, 0.3) is 0 Å². The van der Waals surface area contributed by atoms with Crippen molar-refractivity contribution in [3.05, 3.63) is 54.0 Å². The van der Waals surface area contributed by atoms with Crippen LogP contribution in [0.4, 0.5) is 0 Å². The van der Waals surface area contributed by atoms with E-state index < -0.39 is 0 Å². The monoisotopic (exact) mass is 384 g/mol. The first-order valence-corrected chi connectivity index (χ1v) is 10.1. The van der Waals surface area contributed by atoms with E-state index in [1.165, 1.54) is 11.8 Å². The fourth-order valence-corrected chi connectivity index (χ4v) is 3.88. The highest BCUT2D eigenvalue weighted by atomic mass is 16.5. The highest BCUT2D eigenvalue weighted by molar-refractivity contribution is 5.93. The Bertz CT molecular complexity index is 738. The van der Waals surface area contributed by atoms with Crippen molar-refractivity contribution in [3.8, 4) is 5.75 Å². The molecule has 2 aromatic rings. The van der Waals surface area contributed by atoms with Crippen molar-refractivity contribution >= 4 is 5.91 Å². The van der Waals surface area contributed by atoms with E-state index in [4.69, 9.17) is 13.9 Å². The van der Waals surface area contributed by atoms with Crippen LogP contribution in [0.3, 0.4) is 0 Å². The van der Waals surface area contributed by atoms with E-state index >= 15 is 0 Å². The summed E-state index contributed by atoms with van der Waals surface area (Å²) in [5.41, 5.74) is 1.92. The van der Waals surface area contributed by atoms with Gasteiger partial charge < -0.3 is 18.8 Å². The Morgan fingerprint density at radius 3 is 2.68 bits per heavy atom. The molecule has 2 saturated heterocycles. The number of morpholine rings is 1. The third-order valence-corrected chi connectivity index (χ3v) is 5.49. The summed E-state index contributed by atoms with van der Waals surface area (Å²) in [5, 5.41) is 0. The molecule has 4 rings (SSSR count). The Morgan fingerprint density at radius 2 is 1.93 bits per heavy atom. The highest BCUT2D eigenvalue weighted by Crippen LogP contribution is 2.21. The Labute approximate surface area is 166 Å². The van der Waals surface area contributed by atoms with Gasteiger partial charge in [-0.3, -0.25) is 9.69 Å². The third kappa shape index (κ3) is 4.94. The minimum absolute atomic E-state index is 0.0471. The fourth-order valence-electron chi connectivity index (χ4n) is 3.88. The number of likely N-dealkylation sites (tertiary alicyclic amines) is 1. The van der Waals surface area contributed by atoms with Crippen LogP contribution in [0.15, 0.2) is 47.3 Å². The maximum Gasteiger partial charge on any atom is 0.257 e. The van der Waals surface area contributed by atoms with Crippen molar-refractivity contribution in [2.24, 2.45) is 5.92 Å². The summed E-state index contributed by atoms with van der Waals surface area (Å²) in [6, 6.07) is 10.1. The van der Waals surface area contributed by atoms with Crippen LogP contribution in [0.2, 0.25) is 0 Å². The van der Waals surface area contributed by atoms with Gasteiger partial charge in [-0.25, -0.2) is 0 Å². The Hall–Kier alpha value is -2.31. The molecule has 0 saturated carbocycles. The molecule has 0 radical (unpaired) electrons. The average molecular weight is 384 g/mol. The lowest BCUT2D eigenvalue weighted by Crippen LogP contribution is -2.41. The summed E-state index contributed by atoms with van der Waals surface area (Å²) in [6.07, 6.45) is 5.15. The Morgan fingerprint density at radius 1 is 1.11 bits per heavy atom. The number of carbonyl (C=O) groups is 1. The van der Waals surface area contributed by atoms with Crippen LogP contribution in [0.5, 0.6) is 5.75 Å². The molecule has 0 spiro atoms. The molecule has 6 heteroatoms. The van der Waals surface area contributed by atoms with Gasteiger partial charge in [0.1, 0.15) is 12.0 Å². The number of rotatable bonds is 6. The number of amides is 1. The number of hydrogen-bond donors (Lipinski definition) is 0. The van der Waals surface area contributed by atoms with Gasteiger partial charge in [-0.15, -0.1) is 0 Å². The molecule has 150 valence electrons. The molecule has 1 atom stereocenters. The number of carbonyl (C=O) groups excluding carboxylic acids is 1. The molecule has 1 amide bonds. The molecule has 6 nitrogen and oxygen atoms in total. The molecule has 2 aliphatic heterocycles. The molecule has 2 fully saturated rings. The van der Waals surface area contributed by atoms with Crippen molar-refractivity contribution in [3.63, 3.8) is 0 Å². The molecular formula is C22H28N2O4. The van der Waals surface area contributed by atoms with Crippen LogP contribution >= 0.6 is 0 Å². The van der Waals surface area contributed by atoms with Crippen molar-refractivity contribution in [1.29, 1.82) is 0 Å². The lowest BCUT2D eigenvalue weighted by atomic mass is 9.98. The maximum atomic E-state index is 12.5. The van der Waals surface area contributed by atoms with Gasteiger partial charge in [0.15, 0.2) is 0 Å². The lowest BCUT2D eigenvalue weighted by molar-refractivity contribution is 0.0342. The van der Waals surface area contributed by atoms with E-state index in [-0.39, 0.29) is 5.91 Å². The molecular weight excluding hydrogens is 356 g/mol. The summed E-state index contributed by atoms with van der Waals surface area (Å²) >= 11 is 0. The average Bonchev–Trinajstić information content (AvgIpc) is 3.29. The van der Waals surface area contributed by atoms with Crippen molar-refractivity contribution in [2.45, 2.75) is 19.4 Å². The zero-order valence-corrected chi connectivity index (χ0v) is 16.2. The van der Waals surface area contributed by atoms with E-state index in [0.717, 1.165) is 64.5 Å². The number of furan rings is 1. The summed E-state index contributed by atoms with van der Waals surface area (Å²) in [7, 11) is 0. The van der Waals surface area contributed by atoms with E-state index in [1.54, 1.807) is 12.3 Å². The summed E-state index contributed by atoms with van der Waals surface area (Å²) in [6.45, 7) is 6.76. The van der Waals surface area contributed by atoms with Crippen LogP contribution in [-0.2, 0) is 11.3 Å². The van der Waals surface area contributed by atoms with E-state index in [9.17, 15) is 4.79 Å². The third-order valence-electron chi connectivity index (χ3n) is 5.49. The zero-order chi connectivity index (χ0) is 19.2. The smallest absolute Gasteiger partial charge is 0.257 e. The predicted molar refractivity (Wildman–Crippen MR) is 105 cm³/mol. The molecule has 3 heterocycles. The van der Waals surface area contributed by atoms with Crippen molar-refractivity contribution in [1.82, 2.24) is 9.80 Å². The van der Waals surface area contributed by atoms with E-state index in [2.05, 4.69) is 17.0 Å².